The highest BCUT2D eigenvalue weighted by atomic mass is 32.2. The smallest absolute Gasteiger partial charge is 0.427 e. The van der Waals surface area contributed by atoms with Crippen molar-refractivity contribution in [3.8, 4) is 11.8 Å². The van der Waals surface area contributed by atoms with Crippen molar-refractivity contribution in [2.24, 2.45) is 17.8 Å². The van der Waals surface area contributed by atoms with Crippen molar-refractivity contribution in [1.29, 1.82) is 0 Å². The molecular weight excluding hydrogens is 762 g/mol. The molecule has 3 heterocycles. The lowest BCUT2D eigenvalue weighted by atomic mass is 9.88. The summed E-state index contributed by atoms with van der Waals surface area (Å²) in [6.45, 7) is 4.74. The van der Waals surface area contributed by atoms with Crippen LogP contribution in [-0.2, 0) is 29.1 Å². The first-order valence-corrected chi connectivity index (χ1v) is 20.2. The van der Waals surface area contributed by atoms with Gasteiger partial charge in [0.05, 0.1) is 29.7 Å². The van der Waals surface area contributed by atoms with E-state index in [1.807, 2.05) is 13.0 Å². The molecule has 0 bridgehead atoms. The summed E-state index contributed by atoms with van der Waals surface area (Å²) in [4.78, 5) is 57.1. The van der Waals surface area contributed by atoms with Crippen LogP contribution >= 0.6 is 0 Å². The van der Waals surface area contributed by atoms with E-state index in [1.165, 1.54) is 12.0 Å². The lowest BCUT2D eigenvalue weighted by molar-refractivity contribution is -0.244. The zero-order valence-electron chi connectivity index (χ0n) is 31.7. The Morgan fingerprint density at radius 1 is 1.02 bits per heavy atom. The van der Waals surface area contributed by atoms with Crippen molar-refractivity contribution in [1.82, 2.24) is 30.5 Å². The van der Waals surface area contributed by atoms with Gasteiger partial charge in [0, 0.05) is 12.3 Å². The van der Waals surface area contributed by atoms with Crippen LogP contribution in [0, 0.1) is 17.8 Å². The molecule has 2 saturated carbocycles. The minimum absolute atomic E-state index is 0.0393. The maximum atomic E-state index is 14.7. The molecule has 1 aromatic carbocycles. The zero-order chi connectivity index (χ0) is 40.8. The molecule has 19 heteroatoms. The molecule has 15 nitrogen and oxygen atoms in total. The number of carbonyl (C=O) groups is 4. The third-order valence-corrected chi connectivity index (χ3v) is 12.8. The number of carbonyl (C=O) groups excluding carboxylic acids is 4. The summed E-state index contributed by atoms with van der Waals surface area (Å²) in [5, 5.41) is 13.8. The molecule has 6 rings (SSSR count). The molecule has 4 aliphatic rings. The van der Waals surface area contributed by atoms with Gasteiger partial charge in [0.1, 0.15) is 23.7 Å². The summed E-state index contributed by atoms with van der Waals surface area (Å²) in [7, 11) is -2.55. The molecule has 7 atom stereocenters. The van der Waals surface area contributed by atoms with Crippen molar-refractivity contribution in [3.05, 3.63) is 36.4 Å². The highest BCUT2D eigenvalue weighted by molar-refractivity contribution is 7.91. The number of sulfonamides is 1. The van der Waals surface area contributed by atoms with Gasteiger partial charge in [0.15, 0.2) is 0 Å². The quantitative estimate of drug-likeness (QED) is 0.327. The normalized spacial score (nSPS) is 28.9. The van der Waals surface area contributed by atoms with Gasteiger partial charge in [-0.15, -0.1) is 10.2 Å². The lowest BCUT2D eigenvalue weighted by Gasteiger charge is -2.34. The first kappa shape index (κ1) is 41.0. The number of halogens is 3. The molecular formula is C37H47F3N6O9S. The van der Waals surface area contributed by atoms with Gasteiger partial charge in [-0.1, -0.05) is 38.1 Å². The molecule has 1 aromatic heterocycles. The number of rotatable bonds is 8. The third kappa shape index (κ3) is 8.51. The molecule has 2 aromatic rings. The van der Waals surface area contributed by atoms with E-state index in [1.54, 1.807) is 37.3 Å². The maximum Gasteiger partial charge on any atom is 0.427 e. The van der Waals surface area contributed by atoms with Crippen molar-refractivity contribution in [2.75, 3.05) is 13.7 Å². The minimum Gasteiger partial charge on any atom is -0.479 e. The van der Waals surface area contributed by atoms with E-state index in [0.717, 1.165) is 0 Å². The van der Waals surface area contributed by atoms with Gasteiger partial charge in [-0.05, 0) is 76.3 Å². The van der Waals surface area contributed by atoms with Crippen LogP contribution in [0.5, 0.6) is 11.8 Å². The Hall–Kier alpha value is -4.68. The number of fused-ring (bicyclic) bond motifs is 3. The van der Waals surface area contributed by atoms with Crippen LogP contribution in [0.2, 0.25) is 0 Å². The average molecular weight is 809 g/mol. The Bertz CT molecular complexity index is 2010. The monoisotopic (exact) mass is 808 g/mol. The fraction of sp³-hybridized carbons (Fsp3) is 0.622. The second kappa shape index (κ2) is 15.3. The van der Waals surface area contributed by atoms with Gasteiger partial charge < -0.3 is 29.7 Å². The van der Waals surface area contributed by atoms with E-state index < -0.39 is 86.4 Å². The molecule has 1 saturated heterocycles. The summed E-state index contributed by atoms with van der Waals surface area (Å²) in [5.74, 6) is -3.39. The highest BCUT2D eigenvalue weighted by Gasteiger charge is 2.62. The maximum absolute atomic E-state index is 14.7. The molecule has 2 aliphatic carbocycles. The molecule has 306 valence electrons. The molecule has 4 amide bonds. The standard InChI is InChI=1S/C37H47F3N6O9S/c1-20-10-6-7-11-22-18-36(22,33(49)45-56(51,52)24-14-15-24)42-29(47)27-17-23(54-31-26-13-9-8-12-25(26)30(53-5)43-44-31)19-46(27)32(48)28(21(2)16-20)41-34(50)55-35(3,4)37(38,39)40/h7-9,11-13,20-24,27-28H,6,10,14-19H2,1-5H3,(H,41,50)(H,42,47)(H,45,49). The zero-order valence-corrected chi connectivity index (χ0v) is 32.5. The molecule has 0 spiro atoms. The number of aromatic nitrogens is 2. The Kier molecular flexibility index (Phi) is 11.2. The van der Waals surface area contributed by atoms with Gasteiger partial charge >= 0.3 is 12.3 Å². The van der Waals surface area contributed by atoms with Gasteiger partial charge in [-0.2, -0.15) is 13.2 Å². The minimum atomic E-state index is -4.91. The molecule has 2 aliphatic heterocycles. The second-order valence-electron chi connectivity index (χ2n) is 15.8. The Labute approximate surface area is 322 Å². The number of alkyl halides is 3. The van der Waals surface area contributed by atoms with E-state index in [4.69, 9.17) is 14.2 Å². The van der Waals surface area contributed by atoms with Crippen LogP contribution in [0.4, 0.5) is 18.0 Å². The molecule has 0 radical (unpaired) electrons. The summed E-state index contributed by atoms with van der Waals surface area (Å²) in [6, 6.07) is 4.21. The number of amides is 4. The van der Waals surface area contributed by atoms with E-state index >= 15 is 0 Å². The van der Waals surface area contributed by atoms with Gasteiger partial charge in [-0.25, -0.2) is 13.2 Å². The van der Waals surface area contributed by atoms with Crippen LogP contribution in [0.15, 0.2) is 36.4 Å². The predicted molar refractivity (Wildman–Crippen MR) is 195 cm³/mol. The summed E-state index contributed by atoms with van der Waals surface area (Å²) >= 11 is 0. The van der Waals surface area contributed by atoms with E-state index in [9.17, 15) is 40.8 Å². The molecule has 7 unspecified atom stereocenters. The number of nitrogens with zero attached hydrogens (tertiary/aromatic N) is 3. The first-order valence-electron chi connectivity index (χ1n) is 18.6. The van der Waals surface area contributed by atoms with Crippen molar-refractivity contribution < 1.29 is 55.0 Å². The molecule has 3 N–H and O–H groups in total. The van der Waals surface area contributed by atoms with Gasteiger partial charge in [-0.3, -0.25) is 19.1 Å². The number of alkyl carbamates (subject to hydrolysis) is 1. The Morgan fingerprint density at radius 3 is 2.32 bits per heavy atom. The number of methoxy groups -OCH3 is 1. The third-order valence-electron chi connectivity index (χ3n) is 11.0. The van der Waals surface area contributed by atoms with Crippen molar-refractivity contribution in [3.63, 3.8) is 0 Å². The van der Waals surface area contributed by atoms with Gasteiger partial charge in [0.25, 0.3) is 5.91 Å². The van der Waals surface area contributed by atoms with Crippen molar-refractivity contribution >= 4 is 44.6 Å². The van der Waals surface area contributed by atoms with Crippen LogP contribution < -0.4 is 24.8 Å². The second-order valence-corrected chi connectivity index (χ2v) is 17.8. The summed E-state index contributed by atoms with van der Waals surface area (Å²) < 4.78 is 85.3. The number of nitrogens with one attached hydrogen (secondary N) is 3. The van der Waals surface area contributed by atoms with Crippen LogP contribution in [0.1, 0.15) is 72.6 Å². The van der Waals surface area contributed by atoms with E-state index in [-0.39, 0.29) is 37.1 Å². The van der Waals surface area contributed by atoms with Crippen LogP contribution in [0.25, 0.3) is 10.8 Å². The SMILES string of the molecule is COc1nnc(OC2CC3C(=O)NC4(C(=O)NS(=O)(=O)C5CC5)CC4C=CCCC(C)CC(C)C(NC(=O)OC(C)(C)C(F)(F)F)C(=O)N3C2)c2ccccc12. The van der Waals surface area contributed by atoms with Crippen LogP contribution in [0.3, 0.4) is 0 Å². The fourth-order valence-corrected chi connectivity index (χ4v) is 8.76. The molecule has 3 fully saturated rings. The number of hydrogen-bond donors (Lipinski definition) is 3. The largest absolute Gasteiger partial charge is 0.479 e. The van der Waals surface area contributed by atoms with Crippen LogP contribution in [-0.4, -0.2) is 102 Å². The number of hydrogen-bond acceptors (Lipinski definition) is 11. The number of allylic oxidation sites excluding steroid dienone is 1. The van der Waals surface area contributed by atoms with Gasteiger partial charge in [0.2, 0.25) is 39.2 Å². The lowest BCUT2D eigenvalue weighted by Crippen LogP contribution is -2.59. The Balaban J connectivity index is 1.35. The average Bonchev–Trinajstić information content (AvgIpc) is 4.05. The molecule has 56 heavy (non-hydrogen) atoms. The summed E-state index contributed by atoms with van der Waals surface area (Å²) in [5.41, 5.74) is -4.52. The van der Waals surface area contributed by atoms with Crippen molar-refractivity contribution in [2.45, 2.75) is 113 Å². The number of ether oxygens (including phenoxy) is 3. The first-order chi connectivity index (χ1) is 26.3. The topological polar surface area (TPSA) is 195 Å². The fourth-order valence-electron chi connectivity index (χ4n) is 7.39. The Morgan fingerprint density at radius 2 is 1.68 bits per heavy atom. The highest BCUT2D eigenvalue weighted by Crippen LogP contribution is 2.46. The van der Waals surface area contributed by atoms with E-state index in [0.29, 0.717) is 56.7 Å². The summed E-state index contributed by atoms with van der Waals surface area (Å²) in [6.07, 6.45) is -1.37. The number of benzene rings is 1. The predicted octanol–water partition coefficient (Wildman–Crippen LogP) is 3.92. The van der Waals surface area contributed by atoms with E-state index in [2.05, 4.69) is 25.6 Å².